The van der Waals surface area contributed by atoms with Crippen LogP contribution in [-0.4, -0.2) is 29.4 Å². The average molecular weight is 223 g/mol. The van der Waals surface area contributed by atoms with Crippen molar-refractivity contribution in [2.75, 3.05) is 13.1 Å². The highest BCUT2D eigenvalue weighted by Gasteiger charge is 2.21. The summed E-state index contributed by atoms with van der Waals surface area (Å²) in [6.07, 6.45) is 1.04. The molecule has 15 heavy (non-hydrogen) atoms. The van der Waals surface area contributed by atoms with E-state index in [4.69, 9.17) is 5.11 Å². The summed E-state index contributed by atoms with van der Waals surface area (Å²) in [6.45, 7) is 0.805. The minimum atomic E-state index is -0.796. The molecule has 80 valence electrons. The average Bonchev–Trinajstić information content (AvgIpc) is 2.59. The minimum absolute atomic E-state index is 0.0490. The molecule has 0 aliphatic carbocycles. The van der Waals surface area contributed by atoms with Gasteiger partial charge in [-0.1, -0.05) is 18.2 Å². The molecule has 2 N–H and O–H groups in total. The molecule has 1 unspecified atom stereocenters. The van der Waals surface area contributed by atoms with Gasteiger partial charge in [-0.2, -0.15) is 0 Å². The number of carboxylic acid groups (broad SMARTS) is 1. The molecule has 0 amide bonds. The molecular formula is C11H13NO2S. The Morgan fingerprint density at radius 2 is 2.33 bits per heavy atom. The van der Waals surface area contributed by atoms with E-state index in [9.17, 15) is 4.79 Å². The van der Waals surface area contributed by atoms with E-state index in [1.165, 1.54) is 10.5 Å². The van der Waals surface area contributed by atoms with Gasteiger partial charge in [0.25, 0.3) is 0 Å². The monoisotopic (exact) mass is 223 g/mol. The van der Waals surface area contributed by atoms with E-state index < -0.39 is 5.97 Å². The molecule has 0 spiro atoms. The number of fused-ring (bicyclic) bond motifs is 1. The quantitative estimate of drug-likeness (QED) is 0.809. The van der Waals surface area contributed by atoms with Crippen LogP contribution < -0.4 is 5.32 Å². The molecule has 4 heteroatoms. The van der Waals surface area contributed by atoms with Crippen molar-refractivity contribution in [3.8, 4) is 0 Å². The fourth-order valence-corrected chi connectivity index (χ4v) is 2.99. The number of hydrogen-bond donors (Lipinski definition) is 2. The van der Waals surface area contributed by atoms with Gasteiger partial charge in [0.15, 0.2) is 0 Å². The first kappa shape index (κ1) is 10.5. The Kier molecular flexibility index (Phi) is 3.28. The third kappa shape index (κ3) is 2.73. The van der Waals surface area contributed by atoms with Gasteiger partial charge in [0, 0.05) is 16.7 Å². The van der Waals surface area contributed by atoms with Gasteiger partial charge in [0.1, 0.15) is 0 Å². The Morgan fingerprint density at radius 3 is 3.07 bits per heavy atom. The molecule has 0 bridgehead atoms. The molecule has 0 saturated carbocycles. The lowest BCUT2D eigenvalue weighted by atomic mass is 10.1. The van der Waals surface area contributed by atoms with Gasteiger partial charge in [-0.05, 0) is 18.1 Å². The van der Waals surface area contributed by atoms with E-state index >= 15 is 0 Å². The lowest BCUT2D eigenvalue weighted by Gasteiger charge is -2.07. The zero-order chi connectivity index (χ0) is 10.7. The van der Waals surface area contributed by atoms with Gasteiger partial charge < -0.3 is 10.4 Å². The molecule has 1 aromatic carbocycles. The highest BCUT2D eigenvalue weighted by atomic mass is 32.2. The van der Waals surface area contributed by atoms with E-state index in [-0.39, 0.29) is 6.54 Å². The maximum atomic E-state index is 10.3. The Labute approximate surface area is 92.9 Å². The van der Waals surface area contributed by atoms with Crippen LogP contribution >= 0.6 is 11.8 Å². The third-order valence-electron chi connectivity index (χ3n) is 2.36. The summed E-state index contributed by atoms with van der Waals surface area (Å²) in [5.74, 6) is -0.796. The number of aliphatic carboxylic acids is 1. The first-order valence-electron chi connectivity index (χ1n) is 4.93. The normalized spacial score (nSPS) is 18.8. The number of rotatable bonds is 4. The fraction of sp³-hybridized carbons (Fsp3) is 0.364. The number of thioether (sulfide) groups is 1. The summed E-state index contributed by atoms with van der Waals surface area (Å²) in [4.78, 5) is 11.7. The molecule has 0 fully saturated rings. The molecule has 3 nitrogen and oxygen atoms in total. The molecule has 0 aromatic heterocycles. The van der Waals surface area contributed by atoms with Crippen LogP contribution in [0.2, 0.25) is 0 Å². The van der Waals surface area contributed by atoms with Gasteiger partial charge >= 0.3 is 5.97 Å². The first-order valence-corrected chi connectivity index (χ1v) is 5.81. The second-order valence-electron chi connectivity index (χ2n) is 3.58. The number of carbonyl (C=O) groups is 1. The van der Waals surface area contributed by atoms with Crippen LogP contribution in [0.5, 0.6) is 0 Å². The number of hydrogen-bond acceptors (Lipinski definition) is 3. The Bertz CT molecular complexity index is 342. The zero-order valence-electron chi connectivity index (χ0n) is 8.27. The largest absolute Gasteiger partial charge is 0.480 e. The highest BCUT2D eigenvalue weighted by molar-refractivity contribution is 8.00. The lowest BCUT2D eigenvalue weighted by Crippen LogP contribution is -2.29. The summed E-state index contributed by atoms with van der Waals surface area (Å²) in [6, 6.07) is 8.35. The molecule has 2 rings (SSSR count). The molecule has 1 aliphatic heterocycles. The van der Waals surface area contributed by atoms with Gasteiger partial charge in [-0.3, -0.25) is 4.79 Å². The molecule has 1 aromatic rings. The maximum absolute atomic E-state index is 10.3. The third-order valence-corrected chi connectivity index (χ3v) is 3.68. The van der Waals surface area contributed by atoms with Crippen LogP contribution in [0.25, 0.3) is 0 Å². The van der Waals surface area contributed by atoms with E-state index in [2.05, 4.69) is 17.4 Å². The lowest BCUT2D eigenvalue weighted by molar-refractivity contribution is -0.135. The summed E-state index contributed by atoms with van der Waals surface area (Å²) >= 11 is 1.83. The van der Waals surface area contributed by atoms with Crippen molar-refractivity contribution in [1.82, 2.24) is 5.32 Å². The molecule has 1 aliphatic rings. The molecule has 1 atom stereocenters. The van der Waals surface area contributed by atoms with Gasteiger partial charge in [-0.25, -0.2) is 0 Å². The molecule has 0 saturated heterocycles. The maximum Gasteiger partial charge on any atom is 0.317 e. The predicted molar refractivity (Wildman–Crippen MR) is 60.3 cm³/mol. The summed E-state index contributed by atoms with van der Waals surface area (Å²) in [5, 5.41) is 11.9. The summed E-state index contributed by atoms with van der Waals surface area (Å²) in [5.41, 5.74) is 1.38. The summed E-state index contributed by atoms with van der Waals surface area (Å²) in [7, 11) is 0. The Hall–Kier alpha value is -1.00. The van der Waals surface area contributed by atoms with Gasteiger partial charge in [-0.15, -0.1) is 11.8 Å². The van der Waals surface area contributed by atoms with Crippen molar-refractivity contribution < 1.29 is 9.90 Å². The van der Waals surface area contributed by atoms with Crippen molar-refractivity contribution in [3.05, 3.63) is 29.8 Å². The molecular weight excluding hydrogens is 210 g/mol. The molecule has 0 radical (unpaired) electrons. The van der Waals surface area contributed by atoms with E-state index in [1.807, 2.05) is 23.9 Å². The molecule has 1 heterocycles. The van der Waals surface area contributed by atoms with Crippen LogP contribution in [0, 0.1) is 0 Å². The van der Waals surface area contributed by atoms with Crippen LogP contribution in [-0.2, 0) is 11.2 Å². The van der Waals surface area contributed by atoms with Crippen LogP contribution in [0.1, 0.15) is 5.56 Å². The van der Waals surface area contributed by atoms with Gasteiger partial charge in [0.05, 0.1) is 6.54 Å². The van der Waals surface area contributed by atoms with Crippen molar-refractivity contribution in [2.45, 2.75) is 16.6 Å². The number of benzene rings is 1. The highest BCUT2D eigenvalue weighted by Crippen LogP contribution is 2.36. The predicted octanol–water partition coefficient (Wildman–Crippen LogP) is 1.38. The SMILES string of the molecule is O=C(O)CNCC1Cc2ccccc2S1. The number of carboxylic acids is 1. The van der Waals surface area contributed by atoms with Crippen LogP contribution in [0.4, 0.5) is 0 Å². The Balaban J connectivity index is 1.83. The topological polar surface area (TPSA) is 49.3 Å². The van der Waals surface area contributed by atoms with Crippen molar-refractivity contribution in [1.29, 1.82) is 0 Å². The van der Waals surface area contributed by atoms with Crippen molar-refractivity contribution in [2.24, 2.45) is 0 Å². The fourth-order valence-electron chi connectivity index (χ4n) is 1.71. The van der Waals surface area contributed by atoms with E-state index in [0.717, 1.165) is 13.0 Å². The van der Waals surface area contributed by atoms with E-state index in [1.54, 1.807) is 0 Å². The first-order chi connectivity index (χ1) is 7.25. The number of nitrogens with one attached hydrogen (secondary N) is 1. The van der Waals surface area contributed by atoms with Crippen molar-refractivity contribution >= 4 is 17.7 Å². The summed E-state index contributed by atoms with van der Waals surface area (Å²) < 4.78 is 0. The zero-order valence-corrected chi connectivity index (χ0v) is 9.09. The van der Waals surface area contributed by atoms with E-state index in [0.29, 0.717) is 5.25 Å². The Morgan fingerprint density at radius 1 is 1.53 bits per heavy atom. The standard InChI is InChI=1S/C11H13NO2S/c13-11(14)7-12-6-9-5-8-3-1-2-4-10(8)15-9/h1-4,9,12H,5-7H2,(H,13,14). The second-order valence-corrected chi connectivity index (χ2v) is 4.92. The minimum Gasteiger partial charge on any atom is -0.480 e. The smallest absolute Gasteiger partial charge is 0.317 e. The van der Waals surface area contributed by atoms with Crippen LogP contribution in [0.15, 0.2) is 29.2 Å². The van der Waals surface area contributed by atoms with Crippen molar-refractivity contribution in [3.63, 3.8) is 0 Å². The second kappa shape index (κ2) is 4.68. The van der Waals surface area contributed by atoms with Gasteiger partial charge in [0.2, 0.25) is 0 Å². The van der Waals surface area contributed by atoms with Crippen LogP contribution in [0.3, 0.4) is 0 Å².